The molecule has 0 aromatic heterocycles. The summed E-state index contributed by atoms with van der Waals surface area (Å²) < 4.78 is 30.1. The molecule has 0 aromatic carbocycles. The summed E-state index contributed by atoms with van der Waals surface area (Å²) in [5, 5.41) is 10.0. The monoisotopic (exact) mass is 270 g/mol. The second kappa shape index (κ2) is 10.5. The van der Waals surface area contributed by atoms with Crippen LogP contribution < -0.4 is 108 Å². The van der Waals surface area contributed by atoms with Crippen molar-refractivity contribution in [2.45, 2.75) is 12.8 Å². The zero-order valence-electron chi connectivity index (χ0n) is 8.28. The zero-order valence-corrected chi connectivity index (χ0v) is 15.3. The number of carbonyl (C=O) groups is 1. The SMILES string of the molecule is C=C(CCCS(=O)(=O)[O-])C(=O)[O-].[K+].[K+]. The molecule has 0 spiro atoms. The minimum Gasteiger partial charge on any atom is -0.748 e. The van der Waals surface area contributed by atoms with Gasteiger partial charge < -0.3 is 14.5 Å². The Bertz CT molecular complexity index is 285. The van der Waals surface area contributed by atoms with Gasteiger partial charge >= 0.3 is 103 Å². The van der Waals surface area contributed by atoms with E-state index in [0.717, 1.165) is 0 Å². The fourth-order valence-corrected chi connectivity index (χ4v) is 1.06. The van der Waals surface area contributed by atoms with Crippen molar-refractivity contribution in [3.8, 4) is 0 Å². The molecule has 0 unspecified atom stereocenters. The summed E-state index contributed by atoms with van der Waals surface area (Å²) in [6, 6.07) is 0. The van der Waals surface area contributed by atoms with Crippen LogP contribution in [0.25, 0.3) is 0 Å². The minimum atomic E-state index is -4.25. The summed E-state index contributed by atoms with van der Waals surface area (Å²) in [7, 11) is -4.25. The van der Waals surface area contributed by atoms with Gasteiger partial charge in [-0.1, -0.05) is 6.58 Å². The molecule has 0 fully saturated rings. The third-order valence-corrected chi connectivity index (χ3v) is 1.95. The molecule has 0 saturated carbocycles. The maximum absolute atomic E-state index is 10.0. The average Bonchev–Trinajstić information content (AvgIpc) is 1.84. The zero-order chi connectivity index (χ0) is 9.78. The molecule has 0 rings (SSSR count). The van der Waals surface area contributed by atoms with E-state index in [4.69, 9.17) is 0 Å². The van der Waals surface area contributed by atoms with Gasteiger partial charge in [0.05, 0.1) is 16.1 Å². The van der Waals surface area contributed by atoms with Gasteiger partial charge in [-0.25, -0.2) is 8.42 Å². The molecule has 8 heteroatoms. The average molecular weight is 270 g/mol. The molecule has 0 saturated heterocycles. The van der Waals surface area contributed by atoms with E-state index in [9.17, 15) is 22.9 Å². The standard InChI is InChI=1S/C6H10O5S.2K/c1-5(6(7)8)3-2-4-12(9,10)11;;/h1-4H2,(H,7,8)(H,9,10,11);;/q;2*+1/p-2. The third kappa shape index (κ3) is 14.4. The van der Waals surface area contributed by atoms with Crippen LogP contribution in [-0.2, 0) is 14.9 Å². The van der Waals surface area contributed by atoms with Crippen molar-refractivity contribution in [2.24, 2.45) is 0 Å². The van der Waals surface area contributed by atoms with E-state index in [-0.39, 0.29) is 121 Å². The molecular formula is C6H8K2O5S. The van der Waals surface area contributed by atoms with E-state index in [1.807, 2.05) is 0 Å². The molecule has 0 N–H and O–H groups in total. The number of carboxylic acid groups (broad SMARTS) is 1. The van der Waals surface area contributed by atoms with Crippen LogP contribution in [0.2, 0.25) is 0 Å². The normalized spacial score (nSPS) is 9.50. The number of aliphatic carboxylic acids is 1. The van der Waals surface area contributed by atoms with Crippen molar-refractivity contribution in [2.75, 3.05) is 5.75 Å². The Morgan fingerprint density at radius 3 is 2.00 bits per heavy atom. The van der Waals surface area contributed by atoms with Crippen LogP contribution in [0, 0.1) is 0 Å². The molecule has 0 aliphatic rings. The minimum absolute atomic E-state index is 0. The fourth-order valence-electron chi connectivity index (χ4n) is 0.564. The molecule has 0 radical (unpaired) electrons. The summed E-state index contributed by atoms with van der Waals surface area (Å²) in [5.41, 5.74) is -0.196. The number of hydrogen-bond donors (Lipinski definition) is 0. The van der Waals surface area contributed by atoms with Crippen molar-refractivity contribution in [1.29, 1.82) is 0 Å². The van der Waals surface area contributed by atoms with E-state index < -0.39 is 21.8 Å². The van der Waals surface area contributed by atoms with Gasteiger partial charge in [0.25, 0.3) is 0 Å². The Morgan fingerprint density at radius 1 is 1.29 bits per heavy atom. The Labute approximate surface area is 168 Å². The Hall–Kier alpha value is 2.39. The molecule has 0 heterocycles. The summed E-state index contributed by atoms with van der Waals surface area (Å²) in [4.78, 5) is 10.0. The van der Waals surface area contributed by atoms with E-state index in [1.54, 1.807) is 0 Å². The number of rotatable bonds is 5. The number of carboxylic acids is 1. The summed E-state index contributed by atoms with van der Waals surface area (Å²) in [5.74, 6) is -1.99. The quantitative estimate of drug-likeness (QED) is 0.281. The molecule has 0 bridgehead atoms. The van der Waals surface area contributed by atoms with E-state index in [1.165, 1.54) is 0 Å². The Morgan fingerprint density at radius 2 is 1.71 bits per heavy atom. The van der Waals surface area contributed by atoms with Crippen molar-refractivity contribution >= 4 is 16.1 Å². The molecule has 5 nitrogen and oxygen atoms in total. The molecule has 0 atom stereocenters. The topological polar surface area (TPSA) is 97.3 Å². The molecule has 0 aliphatic heterocycles. The van der Waals surface area contributed by atoms with Crippen LogP contribution in [0.1, 0.15) is 12.8 Å². The molecule has 0 amide bonds. The Balaban J connectivity index is -0.000000605. The van der Waals surface area contributed by atoms with Gasteiger partial charge in [0.15, 0.2) is 0 Å². The van der Waals surface area contributed by atoms with E-state index >= 15 is 0 Å². The van der Waals surface area contributed by atoms with Gasteiger partial charge in [-0.15, -0.1) is 0 Å². The van der Waals surface area contributed by atoms with Gasteiger partial charge in [-0.3, -0.25) is 0 Å². The second-order valence-electron chi connectivity index (χ2n) is 2.26. The van der Waals surface area contributed by atoms with Crippen LogP contribution in [0.5, 0.6) is 0 Å². The van der Waals surface area contributed by atoms with Crippen LogP contribution in [-0.4, -0.2) is 24.7 Å². The van der Waals surface area contributed by atoms with Crippen molar-refractivity contribution < 1.29 is 126 Å². The summed E-state index contributed by atoms with van der Waals surface area (Å²) in [6.45, 7) is 3.11. The van der Waals surface area contributed by atoms with E-state index in [2.05, 4.69) is 6.58 Å². The fraction of sp³-hybridized carbons (Fsp3) is 0.500. The molecule has 14 heavy (non-hydrogen) atoms. The Kier molecular flexibility index (Phi) is 16.3. The predicted octanol–water partition coefficient (Wildman–Crippen LogP) is -7.37. The first-order valence-electron chi connectivity index (χ1n) is 3.15. The van der Waals surface area contributed by atoms with Gasteiger partial charge in [0.2, 0.25) is 0 Å². The number of carbonyl (C=O) groups excluding carboxylic acids is 1. The number of hydrogen-bond acceptors (Lipinski definition) is 5. The largest absolute Gasteiger partial charge is 1.00 e. The first kappa shape index (κ1) is 21.7. The third-order valence-electron chi connectivity index (χ3n) is 1.16. The summed E-state index contributed by atoms with van der Waals surface area (Å²) in [6.07, 6.45) is -0.0670. The smallest absolute Gasteiger partial charge is 0.748 e. The molecule has 0 aliphatic carbocycles. The van der Waals surface area contributed by atoms with Gasteiger partial charge in [-0.2, -0.15) is 0 Å². The van der Waals surface area contributed by atoms with Gasteiger partial charge in [0, 0.05) is 5.75 Å². The maximum atomic E-state index is 10.0. The molecular weight excluding hydrogens is 262 g/mol. The van der Waals surface area contributed by atoms with Crippen molar-refractivity contribution in [3.63, 3.8) is 0 Å². The predicted molar refractivity (Wildman–Crippen MR) is 37.9 cm³/mol. The van der Waals surface area contributed by atoms with Crippen LogP contribution in [0.3, 0.4) is 0 Å². The second-order valence-corrected chi connectivity index (χ2v) is 3.78. The summed E-state index contributed by atoms with van der Waals surface area (Å²) >= 11 is 0. The van der Waals surface area contributed by atoms with Crippen LogP contribution in [0.4, 0.5) is 0 Å². The van der Waals surface area contributed by atoms with Crippen molar-refractivity contribution in [3.05, 3.63) is 12.2 Å². The maximum Gasteiger partial charge on any atom is 1.00 e. The van der Waals surface area contributed by atoms with Gasteiger partial charge in [0.1, 0.15) is 0 Å². The van der Waals surface area contributed by atoms with Crippen LogP contribution in [0.15, 0.2) is 12.2 Å². The first-order chi connectivity index (χ1) is 5.33. The first-order valence-corrected chi connectivity index (χ1v) is 4.73. The van der Waals surface area contributed by atoms with E-state index in [0.29, 0.717) is 0 Å². The molecule has 70 valence electrons. The van der Waals surface area contributed by atoms with Crippen molar-refractivity contribution in [1.82, 2.24) is 0 Å². The van der Waals surface area contributed by atoms with Crippen LogP contribution >= 0.6 is 0 Å². The van der Waals surface area contributed by atoms with Gasteiger partial charge in [-0.05, 0) is 18.4 Å². The molecule has 0 aromatic rings.